The summed E-state index contributed by atoms with van der Waals surface area (Å²) in [6.07, 6.45) is 1.74. The summed E-state index contributed by atoms with van der Waals surface area (Å²) in [5.41, 5.74) is 1.33. The van der Waals surface area contributed by atoms with Crippen molar-refractivity contribution in [2.45, 2.75) is 30.8 Å². The Morgan fingerprint density at radius 2 is 2.00 bits per heavy atom. The number of hydrogen-bond acceptors (Lipinski definition) is 4. The van der Waals surface area contributed by atoms with Gasteiger partial charge in [0.05, 0.1) is 0 Å². The van der Waals surface area contributed by atoms with E-state index < -0.39 is 10.0 Å². The molecule has 2 aromatic heterocycles. The van der Waals surface area contributed by atoms with E-state index in [9.17, 15) is 8.42 Å². The van der Waals surface area contributed by atoms with Gasteiger partial charge in [-0.15, -0.1) is 0 Å². The molecule has 4 nitrogen and oxygen atoms in total. The highest BCUT2D eigenvalue weighted by molar-refractivity contribution is 7.89. The fourth-order valence-electron chi connectivity index (χ4n) is 2.61. The van der Waals surface area contributed by atoms with Gasteiger partial charge in [0.2, 0.25) is 5.09 Å². The predicted molar refractivity (Wildman–Crippen MR) is 78.5 cm³/mol. The number of aryl methyl sites for hydroxylation is 1. The zero-order chi connectivity index (χ0) is 14.2. The number of piperidine rings is 1. The predicted octanol–water partition coefficient (Wildman–Crippen LogP) is 3.22. The molecule has 1 aliphatic rings. The van der Waals surface area contributed by atoms with Crippen molar-refractivity contribution in [1.82, 2.24) is 4.31 Å². The third-order valence-electron chi connectivity index (χ3n) is 3.78. The number of nitrogens with zero attached hydrogens (tertiary/aromatic N) is 1. The van der Waals surface area contributed by atoms with Gasteiger partial charge < -0.3 is 4.42 Å². The summed E-state index contributed by atoms with van der Waals surface area (Å²) in [7, 11) is -3.46. The van der Waals surface area contributed by atoms with Crippen LogP contribution < -0.4 is 0 Å². The SMILES string of the molecule is Cc1ccc(S(=O)(=O)N2CCC(c3ccsc3)CC2)o1. The molecule has 0 atom stereocenters. The molecule has 0 saturated carbocycles. The van der Waals surface area contributed by atoms with Gasteiger partial charge in [0.15, 0.2) is 0 Å². The summed E-state index contributed by atoms with van der Waals surface area (Å²) < 4.78 is 31.7. The lowest BCUT2D eigenvalue weighted by Crippen LogP contribution is -2.37. The van der Waals surface area contributed by atoms with Crippen molar-refractivity contribution in [3.05, 3.63) is 40.3 Å². The van der Waals surface area contributed by atoms with Crippen molar-refractivity contribution in [3.8, 4) is 0 Å². The fraction of sp³-hybridized carbons (Fsp3) is 0.429. The summed E-state index contributed by atoms with van der Waals surface area (Å²) >= 11 is 1.69. The molecule has 0 spiro atoms. The van der Waals surface area contributed by atoms with Crippen LogP contribution in [0.3, 0.4) is 0 Å². The molecule has 0 aliphatic carbocycles. The third kappa shape index (κ3) is 2.55. The van der Waals surface area contributed by atoms with Gasteiger partial charge in [-0.25, -0.2) is 8.42 Å². The van der Waals surface area contributed by atoms with Gasteiger partial charge in [-0.3, -0.25) is 0 Å². The minimum atomic E-state index is -3.46. The summed E-state index contributed by atoms with van der Waals surface area (Å²) in [6, 6.07) is 5.36. The number of sulfonamides is 1. The summed E-state index contributed by atoms with van der Waals surface area (Å²) in [4.78, 5) is 0. The Morgan fingerprint density at radius 3 is 2.55 bits per heavy atom. The normalized spacial score (nSPS) is 18.4. The van der Waals surface area contributed by atoms with Crippen molar-refractivity contribution >= 4 is 21.4 Å². The highest BCUT2D eigenvalue weighted by Crippen LogP contribution is 2.31. The van der Waals surface area contributed by atoms with Crippen LogP contribution in [0.4, 0.5) is 0 Å². The van der Waals surface area contributed by atoms with Crippen LogP contribution in [0, 0.1) is 6.92 Å². The van der Waals surface area contributed by atoms with Crippen LogP contribution in [0.5, 0.6) is 0 Å². The molecule has 3 rings (SSSR count). The lowest BCUT2D eigenvalue weighted by molar-refractivity contribution is 0.308. The van der Waals surface area contributed by atoms with E-state index in [1.165, 1.54) is 15.9 Å². The van der Waals surface area contributed by atoms with E-state index in [4.69, 9.17) is 4.42 Å². The zero-order valence-corrected chi connectivity index (χ0v) is 12.9. The number of hydrogen-bond donors (Lipinski definition) is 0. The van der Waals surface area contributed by atoms with E-state index in [1.54, 1.807) is 24.3 Å². The molecule has 108 valence electrons. The summed E-state index contributed by atoms with van der Waals surface area (Å²) in [5, 5.41) is 4.29. The molecular weight excluding hydrogens is 294 g/mol. The maximum atomic E-state index is 12.4. The molecule has 1 saturated heterocycles. The van der Waals surface area contributed by atoms with Crippen LogP contribution in [-0.2, 0) is 10.0 Å². The van der Waals surface area contributed by atoms with Crippen LogP contribution in [0.25, 0.3) is 0 Å². The topological polar surface area (TPSA) is 50.5 Å². The molecule has 20 heavy (non-hydrogen) atoms. The van der Waals surface area contributed by atoms with Crippen LogP contribution in [0.2, 0.25) is 0 Å². The number of rotatable bonds is 3. The number of furan rings is 1. The molecule has 6 heteroatoms. The van der Waals surface area contributed by atoms with Gasteiger partial charge in [-0.1, -0.05) is 0 Å². The Kier molecular flexibility index (Phi) is 3.70. The lowest BCUT2D eigenvalue weighted by atomic mass is 9.92. The van der Waals surface area contributed by atoms with E-state index in [2.05, 4.69) is 16.8 Å². The maximum Gasteiger partial charge on any atom is 0.276 e. The molecular formula is C14H17NO3S2. The smallest absolute Gasteiger partial charge is 0.276 e. The van der Waals surface area contributed by atoms with Crippen molar-refractivity contribution in [3.63, 3.8) is 0 Å². The molecule has 0 radical (unpaired) electrons. The molecule has 0 amide bonds. The molecule has 1 aliphatic heterocycles. The Bertz CT molecular complexity index is 665. The molecule has 3 heterocycles. The molecule has 0 bridgehead atoms. The fourth-order valence-corrected chi connectivity index (χ4v) is 4.78. The van der Waals surface area contributed by atoms with Crippen molar-refractivity contribution < 1.29 is 12.8 Å². The molecule has 0 unspecified atom stereocenters. The molecule has 1 fully saturated rings. The van der Waals surface area contributed by atoms with Crippen LogP contribution in [-0.4, -0.2) is 25.8 Å². The van der Waals surface area contributed by atoms with Crippen LogP contribution >= 0.6 is 11.3 Å². The minimum Gasteiger partial charge on any atom is -0.449 e. The van der Waals surface area contributed by atoms with E-state index in [1.807, 2.05) is 0 Å². The second kappa shape index (κ2) is 5.35. The Labute approximate surface area is 123 Å². The lowest BCUT2D eigenvalue weighted by Gasteiger charge is -2.30. The monoisotopic (exact) mass is 311 g/mol. The summed E-state index contributed by atoms with van der Waals surface area (Å²) in [5.74, 6) is 1.10. The average Bonchev–Trinajstić information content (AvgIpc) is 3.10. The number of thiophene rings is 1. The first kappa shape index (κ1) is 13.9. The summed E-state index contributed by atoms with van der Waals surface area (Å²) in [6.45, 7) is 2.87. The highest BCUT2D eigenvalue weighted by Gasteiger charge is 2.31. The zero-order valence-electron chi connectivity index (χ0n) is 11.3. The Morgan fingerprint density at radius 1 is 1.25 bits per heavy atom. The maximum absolute atomic E-state index is 12.4. The van der Waals surface area contributed by atoms with Crippen molar-refractivity contribution in [1.29, 1.82) is 0 Å². The van der Waals surface area contributed by atoms with Gasteiger partial charge in [0.1, 0.15) is 5.76 Å². The third-order valence-corrected chi connectivity index (χ3v) is 6.25. The van der Waals surface area contributed by atoms with E-state index in [-0.39, 0.29) is 5.09 Å². The molecule has 2 aromatic rings. The standard InChI is InChI=1S/C14H17NO3S2/c1-11-2-3-14(18-11)20(16,17)15-7-4-12(5-8-15)13-6-9-19-10-13/h2-3,6,9-10,12H,4-5,7-8H2,1H3. The van der Waals surface area contributed by atoms with Gasteiger partial charge in [-0.2, -0.15) is 15.6 Å². The minimum absolute atomic E-state index is 0.0592. The van der Waals surface area contributed by atoms with Crippen LogP contribution in [0.1, 0.15) is 30.1 Å². The Hall–Kier alpha value is -1.11. The second-order valence-electron chi connectivity index (χ2n) is 5.10. The molecule has 0 aromatic carbocycles. The molecule has 0 N–H and O–H groups in total. The largest absolute Gasteiger partial charge is 0.449 e. The first-order chi connectivity index (χ1) is 9.57. The second-order valence-corrected chi connectivity index (χ2v) is 7.75. The quantitative estimate of drug-likeness (QED) is 0.874. The van der Waals surface area contributed by atoms with Crippen molar-refractivity contribution in [2.24, 2.45) is 0 Å². The van der Waals surface area contributed by atoms with Crippen molar-refractivity contribution in [2.75, 3.05) is 13.1 Å². The van der Waals surface area contributed by atoms with E-state index in [0.717, 1.165) is 12.8 Å². The first-order valence-electron chi connectivity index (χ1n) is 6.66. The first-order valence-corrected chi connectivity index (χ1v) is 9.04. The van der Waals surface area contributed by atoms with Gasteiger partial charge >= 0.3 is 0 Å². The van der Waals surface area contributed by atoms with Gasteiger partial charge in [-0.05, 0) is 60.2 Å². The van der Waals surface area contributed by atoms with E-state index in [0.29, 0.717) is 24.8 Å². The highest BCUT2D eigenvalue weighted by atomic mass is 32.2. The Balaban J connectivity index is 1.72. The van der Waals surface area contributed by atoms with Crippen LogP contribution in [0.15, 0.2) is 38.5 Å². The van der Waals surface area contributed by atoms with Gasteiger partial charge in [0.25, 0.3) is 10.0 Å². The van der Waals surface area contributed by atoms with E-state index >= 15 is 0 Å². The average molecular weight is 311 g/mol. The van der Waals surface area contributed by atoms with Gasteiger partial charge in [0, 0.05) is 13.1 Å².